The van der Waals surface area contributed by atoms with Gasteiger partial charge in [-0.25, -0.2) is 4.98 Å². The van der Waals surface area contributed by atoms with Crippen molar-refractivity contribution in [2.75, 3.05) is 11.9 Å². The molecule has 5 nitrogen and oxygen atoms in total. The molecule has 1 N–H and O–H groups in total. The average molecular weight is 469 g/mol. The second kappa shape index (κ2) is 9.15. The predicted octanol–water partition coefficient (Wildman–Crippen LogP) is 7.46. The van der Waals surface area contributed by atoms with Crippen molar-refractivity contribution in [2.24, 2.45) is 0 Å². The lowest BCUT2D eigenvalue weighted by molar-refractivity contribution is -0.111. The fourth-order valence-electron chi connectivity index (χ4n) is 4.05. The van der Waals surface area contributed by atoms with Gasteiger partial charge in [-0.2, -0.15) is 0 Å². The Bertz CT molecular complexity index is 1530. The zero-order valence-electron chi connectivity index (χ0n) is 19.2. The van der Waals surface area contributed by atoms with E-state index in [1.54, 1.807) is 23.7 Å². The van der Waals surface area contributed by atoms with Crippen molar-refractivity contribution in [3.05, 3.63) is 83.6 Å². The molecule has 6 heteroatoms. The first-order valence-electron chi connectivity index (χ1n) is 11.1. The van der Waals surface area contributed by atoms with Crippen LogP contribution in [0.15, 0.2) is 77.4 Å². The van der Waals surface area contributed by atoms with Crippen LogP contribution in [0.1, 0.15) is 24.4 Å². The summed E-state index contributed by atoms with van der Waals surface area (Å²) < 4.78 is 12.8. The number of anilines is 1. The molecule has 2 aromatic heterocycles. The van der Waals surface area contributed by atoms with Gasteiger partial charge in [-0.05, 0) is 56.2 Å². The van der Waals surface area contributed by atoms with Crippen LogP contribution in [0.25, 0.3) is 37.9 Å². The molecule has 2 heterocycles. The van der Waals surface area contributed by atoms with Crippen molar-refractivity contribution in [3.63, 3.8) is 0 Å². The van der Waals surface area contributed by atoms with Crippen LogP contribution in [0.2, 0.25) is 0 Å². The number of nitrogens with one attached hydrogen (secondary N) is 1. The van der Waals surface area contributed by atoms with Crippen LogP contribution in [0, 0.1) is 6.92 Å². The molecule has 0 spiro atoms. The van der Waals surface area contributed by atoms with Gasteiger partial charge >= 0.3 is 0 Å². The standard InChI is InChI=1S/C28H24N2O3S/c1-4-32-25-15-26-22(23(16-33-26)19-8-6-5-7-9-19)14-21(25)17(2)12-28(31)30-20-10-11-27-24(13-20)29-18(3)34-27/h5-16H,4H2,1-3H3,(H,30,31)/b17-12+. The van der Waals surface area contributed by atoms with E-state index in [-0.39, 0.29) is 5.91 Å². The Morgan fingerprint density at radius 1 is 1.15 bits per heavy atom. The van der Waals surface area contributed by atoms with Crippen LogP contribution in [-0.4, -0.2) is 17.5 Å². The van der Waals surface area contributed by atoms with E-state index in [9.17, 15) is 4.79 Å². The van der Waals surface area contributed by atoms with Crippen molar-refractivity contribution >= 4 is 49.7 Å². The van der Waals surface area contributed by atoms with Gasteiger partial charge in [0.05, 0.1) is 28.1 Å². The van der Waals surface area contributed by atoms with Gasteiger partial charge in [-0.15, -0.1) is 11.3 Å². The average Bonchev–Trinajstić information content (AvgIpc) is 3.41. The fourth-order valence-corrected chi connectivity index (χ4v) is 4.86. The summed E-state index contributed by atoms with van der Waals surface area (Å²) in [7, 11) is 0. The summed E-state index contributed by atoms with van der Waals surface area (Å²) in [5.41, 5.74) is 6.08. The monoisotopic (exact) mass is 468 g/mol. The Labute approximate surface area is 201 Å². The summed E-state index contributed by atoms with van der Waals surface area (Å²) in [6, 6.07) is 19.8. The summed E-state index contributed by atoms with van der Waals surface area (Å²) in [4.78, 5) is 17.3. The number of thiazole rings is 1. The molecule has 170 valence electrons. The molecule has 0 bridgehead atoms. The van der Waals surface area contributed by atoms with Gasteiger partial charge < -0.3 is 14.5 Å². The molecule has 0 saturated carbocycles. The zero-order valence-corrected chi connectivity index (χ0v) is 20.0. The molecule has 3 aromatic carbocycles. The summed E-state index contributed by atoms with van der Waals surface area (Å²) in [6.07, 6.45) is 3.37. The van der Waals surface area contributed by atoms with E-state index >= 15 is 0 Å². The first kappa shape index (κ1) is 21.9. The second-order valence-corrected chi connectivity index (χ2v) is 9.26. The third-order valence-electron chi connectivity index (χ3n) is 5.59. The number of fused-ring (bicyclic) bond motifs is 2. The third-order valence-corrected chi connectivity index (χ3v) is 6.55. The second-order valence-electron chi connectivity index (χ2n) is 8.02. The molecule has 1 amide bonds. The Balaban J connectivity index is 1.49. The number of hydrogen-bond acceptors (Lipinski definition) is 5. The number of allylic oxidation sites excluding steroid dienone is 1. The lowest BCUT2D eigenvalue weighted by atomic mass is 9.99. The van der Waals surface area contributed by atoms with E-state index < -0.39 is 0 Å². The highest BCUT2D eigenvalue weighted by atomic mass is 32.1. The number of ether oxygens (including phenoxy) is 1. The van der Waals surface area contributed by atoms with Crippen molar-refractivity contribution in [2.45, 2.75) is 20.8 Å². The summed E-state index contributed by atoms with van der Waals surface area (Å²) in [5.74, 6) is 0.478. The van der Waals surface area contributed by atoms with E-state index in [2.05, 4.69) is 22.4 Å². The molecule has 0 aliphatic heterocycles. The Morgan fingerprint density at radius 3 is 2.76 bits per heavy atom. The van der Waals surface area contributed by atoms with Crippen LogP contribution >= 0.6 is 11.3 Å². The summed E-state index contributed by atoms with van der Waals surface area (Å²) in [6.45, 7) is 6.34. The van der Waals surface area contributed by atoms with E-state index in [0.717, 1.165) is 48.5 Å². The van der Waals surface area contributed by atoms with E-state index in [4.69, 9.17) is 9.15 Å². The normalized spacial score (nSPS) is 11.8. The molecule has 0 unspecified atom stereocenters. The minimum atomic E-state index is -0.207. The lowest BCUT2D eigenvalue weighted by Crippen LogP contribution is -2.08. The van der Waals surface area contributed by atoms with Gasteiger partial charge in [0, 0.05) is 34.3 Å². The third kappa shape index (κ3) is 4.32. The largest absolute Gasteiger partial charge is 0.493 e. The smallest absolute Gasteiger partial charge is 0.248 e. The highest BCUT2D eigenvalue weighted by Crippen LogP contribution is 2.37. The number of benzene rings is 3. The Hall–Kier alpha value is -3.90. The quantitative estimate of drug-likeness (QED) is 0.263. The number of hydrogen-bond donors (Lipinski definition) is 1. The van der Waals surface area contributed by atoms with Gasteiger partial charge in [0.15, 0.2) is 0 Å². The van der Waals surface area contributed by atoms with Crippen LogP contribution in [-0.2, 0) is 4.79 Å². The first-order chi connectivity index (χ1) is 16.5. The molecule has 0 radical (unpaired) electrons. The molecule has 5 aromatic rings. The van der Waals surface area contributed by atoms with Gasteiger partial charge in [-0.1, -0.05) is 30.3 Å². The molecular weight excluding hydrogens is 444 g/mol. The molecule has 0 atom stereocenters. The van der Waals surface area contributed by atoms with Crippen molar-refractivity contribution in [1.82, 2.24) is 4.98 Å². The van der Waals surface area contributed by atoms with Crippen molar-refractivity contribution in [3.8, 4) is 16.9 Å². The zero-order chi connectivity index (χ0) is 23.7. The number of aromatic nitrogens is 1. The fraction of sp³-hybridized carbons (Fsp3) is 0.143. The van der Waals surface area contributed by atoms with Gasteiger partial charge in [-0.3, -0.25) is 4.79 Å². The van der Waals surface area contributed by atoms with E-state index in [0.29, 0.717) is 18.0 Å². The van der Waals surface area contributed by atoms with Crippen LogP contribution < -0.4 is 10.1 Å². The number of carbonyl (C=O) groups excluding carboxylic acids is 1. The number of aryl methyl sites for hydroxylation is 1. The lowest BCUT2D eigenvalue weighted by Gasteiger charge is -2.12. The van der Waals surface area contributed by atoms with Crippen molar-refractivity contribution in [1.29, 1.82) is 0 Å². The maximum atomic E-state index is 12.8. The van der Waals surface area contributed by atoms with Crippen LogP contribution in [0.3, 0.4) is 0 Å². The predicted molar refractivity (Wildman–Crippen MR) is 139 cm³/mol. The van der Waals surface area contributed by atoms with E-state index in [1.807, 2.05) is 69.3 Å². The number of carbonyl (C=O) groups is 1. The number of amides is 1. The number of nitrogens with zero attached hydrogens (tertiary/aromatic N) is 1. The van der Waals surface area contributed by atoms with Crippen LogP contribution in [0.4, 0.5) is 5.69 Å². The Kier molecular flexibility index (Phi) is 5.90. The maximum absolute atomic E-state index is 12.8. The molecule has 0 saturated heterocycles. The van der Waals surface area contributed by atoms with Crippen molar-refractivity contribution < 1.29 is 13.9 Å². The minimum Gasteiger partial charge on any atom is -0.493 e. The van der Waals surface area contributed by atoms with Gasteiger partial charge in [0.1, 0.15) is 11.3 Å². The Morgan fingerprint density at radius 2 is 1.97 bits per heavy atom. The molecular formula is C28H24N2O3S. The summed E-state index contributed by atoms with van der Waals surface area (Å²) >= 11 is 1.64. The van der Waals surface area contributed by atoms with E-state index in [1.165, 1.54) is 0 Å². The van der Waals surface area contributed by atoms with Gasteiger partial charge in [0.25, 0.3) is 0 Å². The minimum absolute atomic E-state index is 0.207. The molecule has 0 fully saturated rings. The topological polar surface area (TPSA) is 64.4 Å². The highest BCUT2D eigenvalue weighted by molar-refractivity contribution is 7.18. The number of rotatable bonds is 6. The highest BCUT2D eigenvalue weighted by Gasteiger charge is 2.15. The molecule has 34 heavy (non-hydrogen) atoms. The SMILES string of the molecule is CCOc1cc2occ(-c3ccccc3)c2cc1/C(C)=C/C(=O)Nc1ccc2sc(C)nc2c1. The maximum Gasteiger partial charge on any atom is 0.248 e. The van der Waals surface area contributed by atoms with Crippen LogP contribution in [0.5, 0.6) is 5.75 Å². The first-order valence-corrected chi connectivity index (χ1v) is 11.9. The summed E-state index contributed by atoms with van der Waals surface area (Å²) in [5, 5.41) is 4.93. The number of furan rings is 1. The van der Waals surface area contributed by atoms with Gasteiger partial charge in [0.2, 0.25) is 5.91 Å². The molecule has 5 rings (SSSR count). The molecule has 0 aliphatic rings. The molecule has 0 aliphatic carbocycles.